The maximum atomic E-state index is 13.6. The number of nitrogens with zero attached hydrogens (tertiary/aromatic N) is 5. The molecule has 0 radical (unpaired) electrons. The molecule has 156 valence electrons. The highest BCUT2D eigenvalue weighted by atomic mass is 79.9. The van der Waals surface area contributed by atoms with Gasteiger partial charge in [-0.25, -0.2) is 15.0 Å². The molecule has 3 heterocycles. The lowest BCUT2D eigenvalue weighted by atomic mass is 10.1. The molecule has 0 spiro atoms. The fraction of sp³-hybridized carbons (Fsp3) is 0.174. The molecule has 3 aromatic heterocycles. The molecule has 1 amide bonds. The minimum atomic E-state index is -0.346. The SMILES string of the molecule is Cc1cc2cc(C(=O)N(Cc3ccc(Br)cn3)C(C)c3ncccn3)ccc2nc1N. The van der Waals surface area contributed by atoms with Crippen molar-refractivity contribution in [3.8, 4) is 0 Å². The average molecular weight is 477 g/mol. The van der Waals surface area contributed by atoms with Crippen LogP contribution in [-0.2, 0) is 6.54 Å². The van der Waals surface area contributed by atoms with Gasteiger partial charge in [-0.3, -0.25) is 9.78 Å². The van der Waals surface area contributed by atoms with E-state index in [1.165, 1.54) is 0 Å². The molecule has 0 aliphatic rings. The molecule has 7 nitrogen and oxygen atoms in total. The van der Waals surface area contributed by atoms with E-state index in [0.717, 1.165) is 26.6 Å². The highest BCUT2D eigenvalue weighted by Crippen LogP contribution is 2.25. The number of nitrogen functional groups attached to an aromatic ring is 1. The molecule has 1 unspecified atom stereocenters. The number of hydrogen-bond acceptors (Lipinski definition) is 6. The third kappa shape index (κ3) is 4.54. The van der Waals surface area contributed by atoms with Gasteiger partial charge >= 0.3 is 0 Å². The standard InChI is InChI=1S/C23H21BrN6O/c1-14-10-17-11-16(4-7-20(17)29-21(14)25)23(31)30(13-19-6-5-18(24)12-28-19)15(2)22-26-8-3-9-27-22/h3-12,15H,13H2,1-2H3,(H2,25,29). The van der Waals surface area contributed by atoms with E-state index in [1.807, 2.05) is 44.2 Å². The molecule has 1 aromatic carbocycles. The number of benzene rings is 1. The van der Waals surface area contributed by atoms with Crippen molar-refractivity contribution in [1.29, 1.82) is 0 Å². The summed E-state index contributed by atoms with van der Waals surface area (Å²) in [6.07, 6.45) is 5.07. The van der Waals surface area contributed by atoms with Crippen molar-refractivity contribution in [2.24, 2.45) is 0 Å². The molecule has 0 saturated carbocycles. The zero-order valence-electron chi connectivity index (χ0n) is 17.2. The Kier molecular flexibility index (Phi) is 5.90. The molecule has 2 N–H and O–H groups in total. The monoisotopic (exact) mass is 476 g/mol. The third-order valence-electron chi connectivity index (χ3n) is 5.10. The number of aromatic nitrogens is 4. The van der Waals surface area contributed by atoms with Gasteiger partial charge in [-0.15, -0.1) is 0 Å². The molecule has 0 saturated heterocycles. The van der Waals surface area contributed by atoms with Crippen molar-refractivity contribution >= 4 is 38.6 Å². The van der Waals surface area contributed by atoms with E-state index in [0.29, 0.717) is 23.8 Å². The first kappa shape index (κ1) is 20.9. The second kappa shape index (κ2) is 8.77. The molecule has 0 fully saturated rings. The molecular weight excluding hydrogens is 456 g/mol. The van der Waals surface area contributed by atoms with Gasteiger partial charge < -0.3 is 10.6 Å². The van der Waals surface area contributed by atoms with Crippen LogP contribution in [0.25, 0.3) is 10.9 Å². The van der Waals surface area contributed by atoms with Crippen LogP contribution in [0.3, 0.4) is 0 Å². The van der Waals surface area contributed by atoms with Gasteiger partial charge in [-0.2, -0.15) is 0 Å². The van der Waals surface area contributed by atoms with Crippen molar-refractivity contribution in [3.05, 3.63) is 88.2 Å². The maximum absolute atomic E-state index is 13.6. The number of carbonyl (C=O) groups is 1. The van der Waals surface area contributed by atoms with Crippen molar-refractivity contribution in [2.45, 2.75) is 26.4 Å². The van der Waals surface area contributed by atoms with Gasteiger partial charge in [0.05, 0.1) is 23.8 Å². The van der Waals surface area contributed by atoms with Gasteiger partial charge in [0.2, 0.25) is 0 Å². The van der Waals surface area contributed by atoms with E-state index in [2.05, 4.69) is 35.9 Å². The lowest BCUT2D eigenvalue weighted by molar-refractivity contribution is 0.0663. The Hall–Kier alpha value is -3.39. The number of anilines is 1. The summed E-state index contributed by atoms with van der Waals surface area (Å²) in [4.78, 5) is 32.9. The van der Waals surface area contributed by atoms with Crippen LogP contribution in [-0.4, -0.2) is 30.7 Å². The van der Waals surface area contributed by atoms with Crippen LogP contribution < -0.4 is 5.73 Å². The summed E-state index contributed by atoms with van der Waals surface area (Å²) in [6, 6.07) is 12.6. The first-order chi connectivity index (χ1) is 14.9. The van der Waals surface area contributed by atoms with Crippen LogP contribution in [0.5, 0.6) is 0 Å². The van der Waals surface area contributed by atoms with E-state index >= 15 is 0 Å². The van der Waals surface area contributed by atoms with Gasteiger partial charge in [0.1, 0.15) is 11.6 Å². The lowest BCUT2D eigenvalue weighted by Crippen LogP contribution is -2.34. The number of hydrogen-bond donors (Lipinski definition) is 1. The van der Waals surface area contributed by atoms with Gasteiger partial charge in [-0.05, 0) is 77.8 Å². The number of amides is 1. The fourth-order valence-electron chi connectivity index (χ4n) is 3.32. The van der Waals surface area contributed by atoms with Crippen LogP contribution in [0, 0.1) is 6.92 Å². The third-order valence-corrected chi connectivity index (χ3v) is 5.57. The number of halogens is 1. The highest BCUT2D eigenvalue weighted by Gasteiger charge is 2.25. The molecule has 0 aliphatic heterocycles. The van der Waals surface area contributed by atoms with Crippen LogP contribution in [0.2, 0.25) is 0 Å². The Morgan fingerprint density at radius 3 is 2.61 bits per heavy atom. The van der Waals surface area contributed by atoms with Crippen molar-refractivity contribution < 1.29 is 4.79 Å². The van der Waals surface area contributed by atoms with Crippen LogP contribution in [0.15, 0.2) is 65.5 Å². The second-order valence-electron chi connectivity index (χ2n) is 7.28. The topological polar surface area (TPSA) is 97.9 Å². The molecular formula is C23H21BrN6O. The number of aryl methyl sites for hydroxylation is 1. The van der Waals surface area contributed by atoms with Crippen LogP contribution >= 0.6 is 15.9 Å². The molecule has 4 rings (SSSR count). The first-order valence-corrected chi connectivity index (χ1v) is 10.6. The molecule has 0 bridgehead atoms. The largest absolute Gasteiger partial charge is 0.383 e. The maximum Gasteiger partial charge on any atom is 0.254 e. The number of rotatable bonds is 5. The Bertz CT molecular complexity index is 1230. The van der Waals surface area contributed by atoms with E-state index in [-0.39, 0.29) is 11.9 Å². The zero-order chi connectivity index (χ0) is 22.0. The molecule has 4 aromatic rings. The Balaban J connectivity index is 1.72. The summed E-state index contributed by atoms with van der Waals surface area (Å²) < 4.78 is 0.880. The first-order valence-electron chi connectivity index (χ1n) is 9.77. The number of pyridine rings is 2. The molecule has 31 heavy (non-hydrogen) atoms. The van der Waals surface area contributed by atoms with Crippen molar-refractivity contribution in [3.63, 3.8) is 0 Å². The quantitative estimate of drug-likeness (QED) is 0.455. The lowest BCUT2D eigenvalue weighted by Gasteiger charge is -2.28. The zero-order valence-corrected chi connectivity index (χ0v) is 18.7. The van der Waals surface area contributed by atoms with Gasteiger partial charge in [0.25, 0.3) is 5.91 Å². The normalized spacial score (nSPS) is 12.0. The van der Waals surface area contributed by atoms with E-state index in [9.17, 15) is 4.79 Å². The highest BCUT2D eigenvalue weighted by molar-refractivity contribution is 9.10. The molecule has 1 atom stereocenters. The van der Waals surface area contributed by atoms with E-state index in [1.54, 1.807) is 35.6 Å². The minimum Gasteiger partial charge on any atom is -0.383 e. The summed E-state index contributed by atoms with van der Waals surface area (Å²) in [6.45, 7) is 4.14. The molecule has 8 heteroatoms. The average Bonchev–Trinajstić information content (AvgIpc) is 2.79. The number of fused-ring (bicyclic) bond motifs is 1. The number of carbonyl (C=O) groups excluding carboxylic acids is 1. The van der Waals surface area contributed by atoms with Gasteiger partial charge in [0, 0.05) is 34.0 Å². The van der Waals surface area contributed by atoms with Crippen LogP contribution in [0.1, 0.15) is 40.4 Å². The predicted octanol–water partition coefficient (Wildman–Crippen LogP) is 4.48. The predicted molar refractivity (Wildman–Crippen MR) is 123 cm³/mol. The van der Waals surface area contributed by atoms with Gasteiger partial charge in [0.15, 0.2) is 0 Å². The Morgan fingerprint density at radius 2 is 1.90 bits per heavy atom. The van der Waals surface area contributed by atoms with Crippen molar-refractivity contribution in [2.75, 3.05) is 5.73 Å². The van der Waals surface area contributed by atoms with Gasteiger partial charge in [-0.1, -0.05) is 0 Å². The number of nitrogens with two attached hydrogens (primary N) is 1. The van der Waals surface area contributed by atoms with E-state index in [4.69, 9.17) is 5.73 Å². The fourth-order valence-corrected chi connectivity index (χ4v) is 3.56. The van der Waals surface area contributed by atoms with E-state index < -0.39 is 0 Å². The molecule has 0 aliphatic carbocycles. The minimum absolute atomic E-state index is 0.138. The second-order valence-corrected chi connectivity index (χ2v) is 8.20. The summed E-state index contributed by atoms with van der Waals surface area (Å²) >= 11 is 3.40. The summed E-state index contributed by atoms with van der Waals surface area (Å²) in [5.41, 5.74) is 8.87. The summed E-state index contributed by atoms with van der Waals surface area (Å²) in [5.74, 6) is 0.921. The van der Waals surface area contributed by atoms with Crippen molar-refractivity contribution in [1.82, 2.24) is 24.8 Å². The smallest absolute Gasteiger partial charge is 0.254 e. The Labute approximate surface area is 188 Å². The van der Waals surface area contributed by atoms with Crippen LogP contribution in [0.4, 0.5) is 5.82 Å². The Morgan fingerprint density at radius 1 is 1.13 bits per heavy atom. The summed E-state index contributed by atoms with van der Waals surface area (Å²) in [7, 11) is 0. The summed E-state index contributed by atoms with van der Waals surface area (Å²) in [5, 5.41) is 0.864.